The van der Waals surface area contributed by atoms with Gasteiger partial charge in [0.2, 0.25) is 0 Å². The number of aromatic nitrogens is 2. The summed E-state index contributed by atoms with van der Waals surface area (Å²) in [5, 5.41) is 2.82. The van der Waals surface area contributed by atoms with Crippen LogP contribution in [0.3, 0.4) is 0 Å². The van der Waals surface area contributed by atoms with E-state index in [-0.39, 0.29) is 5.56 Å². The number of hydrogen-bond donors (Lipinski definition) is 0. The highest BCUT2D eigenvalue weighted by Crippen LogP contribution is 2.24. The SMILES string of the molecule is Cc1cc(C)c2c(ccn3c(=O)c4ccccc4nc23)c1. The maximum Gasteiger partial charge on any atom is 0.265 e. The first kappa shape index (κ1) is 12.1. The lowest BCUT2D eigenvalue weighted by molar-refractivity contribution is 1.09. The van der Waals surface area contributed by atoms with E-state index < -0.39 is 0 Å². The predicted octanol–water partition coefficient (Wildman–Crippen LogP) is 3.62. The summed E-state index contributed by atoms with van der Waals surface area (Å²) in [6, 6.07) is 13.7. The molecule has 0 atom stereocenters. The van der Waals surface area contributed by atoms with Crippen molar-refractivity contribution in [2.75, 3.05) is 0 Å². The molecule has 0 N–H and O–H groups in total. The maximum atomic E-state index is 12.6. The maximum absolute atomic E-state index is 12.6. The van der Waals surface area contributed by atoms with Crippen LogP contribution in [0.5, 0.6) is 0 Å². The van der Waals surface area contributed by atoms with E-state index in [1.54, 1.807) is 4.40 Å². The number of rotatable bonds is 0. The fourth-order valence-corrected chi connectivity index (χ4v) is 3.05. The van der Waals surface area contributed by atoms with Gasteiger partial charge in [-0.2, -0.15) is 0 Å². The summed E-state index contributed by atoms with van der Waals surface area (Å²) in [5.41, 5.74) is 3.82. The predicted molar refractivity (Wildman–Crippen MR) is 85.9 cm³/mol. The van der Waals surface area contributed by atoms with Crippen LogP contribution in [0, 0.1) is 13.8 Å². The molecule has 0 bridgehead atoms. The van der Waals surface area contributed by atoms with Crippen LogP contribution < -0.4 is 5.56 Å². The summed E-state index contributed by atoms with van der Waals surface area (Å²) in [5.74, 6) is 0. The van der Waals surface area contributed by atoms with Crippen molar-refractivity contribution in [1.29, 1.82) is 0 Å². The van der Waals surface area contributed by atoms with Gasteiger partial charge in [-0.1, -0.05) is 29.8 Å². The molecule has 0 unspecified atom stereocenters. The fraction of sp³-hybridized carbons (Fsp3) is 0.111. The van der Waals surface area contributed by atoms with E-state index in [0.29, 0.717) is 5.39 Å². The van der Waals surface area contributed by atoms with Crippen molar-refractivity contribution in [3.05, 3.63) is 70.1 Å². The van der Waals surface area contributed by atoms with Crippen molar-refractivity contribution in [3.8, 4) is 0 Å². The van der Waals surface area contributed by atoms with E-state index in [4.69, 9.17) is 4.98 Å². The Hall–Kier alpha value is -2.68. The Morgan fingerprint density at radius 1 is 1.05 bits per heavy atom. The summed E-state index contributed by atoms with van der Waals surface area (Å²) < 4.78 is 1.65. The summed E-state index contributed by atoms with van der Waals surface area (Å²) in [7, 11) is 0. The zero-order valence-electron chi connectivity index (χ0n) is 11.9. The average Bonchev–Trinajstić information content (AvgIpc) is 2.46. The van der Waals surface area contributed by atoms with E-state index in [1.807, 2.05) is 36.5 Å². The largest absolute Gasteiger partial charge is 0.268 e. The molecule has 2 aromatic carbocycles. The van der Waals surface area contributed by atoms with Gasteiger partial charge in [-0.15, -0.1) is 0 Å². The number of hydrogen-bond acceptors (Lipinski definition) is 2. The van der Waals surface area contributed by atoms with Crippen LogP contribution in [0.1, 0.15) is 11.1 Å². The second kappa shape index (κ2) is 4.16. The first-order valence-electron chi connectivity index (χ1n) is 6.96. The standard InChI is InChI=1S/C18H14N2O/c1-11-9-12(2)16-13(10-11)7-8-20-17(16)19-15-6-4-3-5-14(15)18(20)21/h3-10H,1-2H3. The molecule has 0 saturated heterocycles. The molecule has 3 nitrogen and oxygen atoms in total. The molecule has 0 spiro atoms. The molecule has 4 aromatic rings. The van der Waals surface area contributed by atoms with Crippen LogP contribution in [-0.2, 0) is 0 Å². The highest BCUT2D eigenvalue weighted by molar-refractivity contribution is 5.98. The monoisotopic (exact) mass is 274 g/mol. The summed E-state index contributed by atoms with van der Waals surface area (Å²) >= 11 is 0. The van der Waals surface area contributed by atoms with Gasteiger partial charge < -0.3 is 0 Å². The highest BCUT2D eigenvalue weighted by Gasteiger charge is 2.09. The van der Waals surface area contributed by atoms with Crippen LogP contribution in [-0.4, -0.2) is 9.38 Å². The van der Waals surface area contributed by atoms with Gasteiger partial charge in [0, 0.05) is 11.6 Å². The van der Waals surface area contributed by atoms with Gasteiger partial charge in [0.05, 0.1) is 10.9 Å². The third-order valence-corrected chi connectivity index (χ3v) is 3.94. The first-order valence-corrected chi connectivity index (χ1v) is 6.96. The van der Waals surface area contributed by atoms with Gasteiger partial charge in [0.15, 0.2) is 0 Å². The molecule has 0 saturated carbocycles. The molecule has 2 heterocycles. The number of para-hydroxylation sites is 1. The minimum Gasteiger partial charge on any atom is -0.268 e. The van der Waals surface area contributed by atoms with Crippen LogP contribution in [0.25, 0.3) is 27.3 Å². The lowest BCUT2D eigenvalue weighted by Gasteiger charge is -2.09. The van der Waals surface area contributed by atoms with Gasteiger partial charge in [-0.3, -0.25) is 9.20 Å². The lowest BCUT2D eigenvalue weighted by atomic mass is 10.0. The second-order valence-corrected chi connectivity index (χ2v) is 5.49. The first-order chi connectivity index (χ1) is 10.1. The Bertz CT molecular complexity index is 1080. The highest BCUT2D eigenvalue weighted by atomic mass is 16.1. The molecular weight excluding hydrogens is 260 g/mol. The summed E-state index contributed by atoms with van der Waals surface area (Å²) in [4.78, 5) is 17.4. The molecular formula is C18H14N2O. The molecule has 0 fully saturated rings. The Labute approximate surface area is 121 Å². The molecule has 3 heteroatoms. The van der Waals surface area contributed by atoms with Gasteiger partial charge in [0.1, 0.15) is 5.65 Å². The molecule has 0 aliphatic carbocycles. The quantitative estimate of drug-likeness (QED) is 0.362. The number of pyridine rings is 1. The van der Waals surface area contributed by atoms with Crippen molar-refractivity contribution in [1.82, 2.24) is 9.38 Å². The normalized spacial score (nSPS) is 11.5. The van der Waals surface area contributed by atoms with E-state index >= 15 is 0 Å². The number of nitrogens with zero attached hydrogens (tertiary/aromatic N) is 2. The van der Waals surface area contributed by atoms with E-state index in [0.717, 1.165) is 27.5 Å². The minimum absolute atomic E-state index is 0.0162. The van der Waals surface area contributed by atoms with Crippen LogP contribution in [0.15, 0.2) is 53.5 Å². The molecule has 4 rings (SSSR count). The molecule has 0 radical (unpaired) electrons. The number of aryl methyl sites for hydroxylation is 2. The zero-order chi connectivity index (χ0) is 14.6. The Kier molecular flexibility index (Phi) is 2.39. The fourth-order valence-electron chi connectivity index (χ4n) is 3.05. The minimum atomic E-state index is -0.0162. The van der Waals surface area contributed by atoms with Gasteiger partial charge in [-0.05, 0) is 43.0 Å². The van der Waals surface area contributed by atoms with Gasteiger partial charge in [0.25, 0.3) is 5.56 Å². The van der Waals surface area contributed by atoms with Crippen molar-refractivity contribution in [2.45, 2.75) is 13.8 Å². The average molecular weight is 274 g/mol. The molecule has 0 amide bonds. The van der Waals surface area contributed by atoms with Crippen LogP contribution in [0.2, 0.25) is 0 Å². The zero-order valence-corrected chi connectivity index (χ0v) is 11.9. The van der Waals surface area contributed by atoms with E-state index in [1.165, 1.54) is 5.56 Å². The van der Waals surface area contributed by atoms with Crippen molar-refractivity contribution in [2.24, 2.45) is 0 Å². The summed E-state index contributed by atoms with van der Waals surface area (Å²) in [6.45, 7) is 4.15. The Morgan fingerprint density at radius 3 is 2.71 bits per heavy atom. The van der Waals surface area contributed by atoms with Crippen molar-refractivity contribution in [3.63, 3.8) is 0 Å². The Balaban J connectivity index is 2.34. The number of fused-ring (bicyclic) bond motifs is 4. The molecule has 0 aliphatic heterocycles. The molecule has 0 aliphatic rings. The smallest absolute Gasteiger partial charge is 0.265 e. The topological polar surface area (TPSA) is 34.4 Å². The third kappa shape index (κ3) is 1.67. The van der Waals surface area contributed by atoms with Gasteiger partial charge >= 0.3 is 0 Å². The third-order valence-electron chi connectivity index (χ3n) is 3.94. The Morgan fingerprint density at radius 2 is 1.86 bits per heavy atom. The van der Waals surface area contributed by atoms with Gasteiger partial charge in [-0.25, -0.2) is 4.98 Å². The second-order valence-electron chi connectivity index (χ2n) is 5.49. The molecule has 2 aromatic heterocycles. The van der Waals surface area contributed by atoms with Crippen LogP contribution in [0.4, 0.5) is 0 Å². The van der Waals surface area contributed by atoms with E-state index in [9.17, 15) is 4.79 Å². The van der Waals surface area contributed by atoms with Crippen LogP contribution >= 0.6 is 0 Å². The lowest BCUT2D eigenvalue weighted by Crippen LogP contribution is -2.15. The van der Waals surface area contributed by atoms with Crippen molar-refractivity contribution < 1.29 is 0 Å². The van der Waals surface area contributed by atoms with E-state index in [2.05, 4.69) is 26.0 Å². The van der Waals surface area contributed by atoms with Crippen molar-refractivity contribution >= 4 is 27.3 Å². The summed E-state index contributed by atoms with van der Waals surface area (Å²) in [6.07, 6.45) is 1.82. The number of benzene rings is 2. The molecule has 102 valence electrons. The molecule has 21 heavy (non-hydrogen) atoms.